The van der Waals surface area contributed by atoms with Crippen molar-refractivity contribution < 1.29 is 19.1 Å². The Morgan fingerprint density at radius 2 is 2.00 bits per heavy atom. The molecule has 0 amide bonds. The van der Waals surface area contributed by atoms with Crippen LogP contribution in [-0.2, 0) is 4.79 Å². The van der Waals surface area contributed by atoms with Crippen molar-refractivity contribution in [1.82, 2.24) is 0 Å². The van der Waals surface area contributed by atoms with Crippen molar-refractivity contribution in [2.24, 2.45) is 0 Å². The molecule has 0 aromatic heterocycles. The number of rotatable bonds is 4. The maximum Gasteiger partial charge on any atom is 0.163 e. The second kappa shape index (κ2) is 4.68. The topological polar surface area (TPSA) is 57.2 Å². The maximum absolute atomic E-state index is 12.7. The molecule has 0 unspecified atom stereocenters. The van der Waals surface area contributed by atoms with Crippen LogP contribution in [0, 0.1) is 12.7 Å². The molecule has 0 fully saturated rings. The average Bonchev–Trinajstić information content (AvgIpc) is 2.14. The number of carbonyl (C=O) groups is 2. The molecule has 1 aromatic rings. The summed E-state index contributed by atoms with van der Waals surface area (Å²) >= 11 is 0. The summed E-state index contributed by atoms with van der Waals surface area (Å²) in [5.74, 6) is -1.98. The van der Waals surface area contributed by atoms with Gasteiger partial charge in [-0.05, 0) is 37.1 Å². The molecule has 0 aliphatic heterocycles. The summed E-state index contributed by atoms with van der Waals surface area (Å²) in [6.07, 6.45) is -0.426. The molecule has 0 saturated carbocycles. The molecule has 0 atom stereocenters. The minimum absolute atomic E-state index is 0.116. The fourth-order valence-corrected chi connectivity index (χ4v) is 1.29. The van der Waals surface area contributed by atoms with E-state index in [4.69, 9.17) is 0 Å². The van der Waals surface area contributed by atoms with Crippen molar-refractivity contribution in [3.8, 4) is 0 Å². The number of ketones is 1. The monoisotopic (exact) mass is 209 g/mol. The Balaban J connectivity index is 2.78. The van der Waals surface area contributed by atoms with E-state index in [0.29, 0.717) is 11.1 Å². The molecule has 1 aromatic carbocycles. The van der Waals surface area contributed by atoms with Crippen LogP contribution in [0.4, 0.5) is 4.39 Å². The Kier molecular flexibility index (Phi) is 3.55. The zero-order valence-electron chi connectivity index (χ0n) is 8.25. The molecular weight excluding hydrogens is 199 g/mol. The van der Waals surface area contributed by atoms with Crippen LogP contribution in [-0.4, -0.2) is 11.8 Å². The van der Waals surface area contributed by atoms with Crippen LogP contribution in [0.2, 0.25) is 0 Å². The van der Waals surface area contributed by atoms with Crippen molar-refractivity contribution in [1.29, 1.82) is 0 Å². The number of carboxylic acids is 1. The third-order valence-corrected chi connectivity index (χ3v) is 2.05. The van der Waals surface area contributed by atoms with E-state index in [1.165, 1.54) is 18.2 Å². The number of benzene rings is 1. The fourth-order valence-electron chi connectivity index (χ4n) is 1.29. The van der Waals surface area contributed by atoms with Crippen LogP contribution in [0.25, 0.3) is 0 Å². The molecule has 3 nitrogen and oxygen atoms in total. The first-order valence-electron chi connectivity index (χ1n) is 4.50. The fraction of sp³-hybridized carbons (Fsp3) is 0.273. The molecule has 0 heterocycles. The van der Waals surface area contributed by atoms with Crippen molar-refractivity contribution in [3.05, 3.63) is 35.1 Å². The first-order chi connectivity index (χ1) is 7.00. The van der Waals surface area contributed by atoms with Gasteiger partial charge in [-0.3, -0.25) is 4.79 Å². The number of carboxylic acid groups (broad SMARTS) is 1. The molecule has 0 N–H and O–H groups in total. The van der Waals surface area contributed by atoms with E-state index in [9.17, 15) is 19.1 Å². The van der Waals surface area contributed by atoms with Crippen molar-refractivity contribution in [2.45, 2.75) is 19.8 Å². The quantitative estimate of drug-likeness (QED) is 0.690. The average molecular weight is 209 g/mol. The zero-order chi connectivity index (χ0) is 11.4. The standard InChI is InChI=1S/C11H11FO3/c1-7-6-8(12)2-3-9(7)10(13)4-5-11(14)15/h2-3,6H,4-5H2,1H3,(H,14,15)/p-1. The van der Waals surface area contributed by atoms with Crippen LogP contribution in [0.15, 0.2) is 18.2 Å². The summed E-state index contributed by atoms with van der Waals surface area (Å²) in [6, 6.07) is 3.79. The molecule has 0 bridgehead atoms. The Bertz CT molecular complexity index is 399. The Morgan fingerprint density at radius 1 is 1.33 bits per heavy atom. The van der Waals surface area contributed by atoms with Gasteiger partial charge in [-0.2, -0.15) is 0 Å². The number of aliphatic carboxylic acids is 1. The highest BCUT2D eigenvalue weighted by Gasteiger charge is 2.09. The number of halogens is 1. The first kappa shape index (κ1) is 11.4. The van der Waals surface area contributed by atoms with Crippen molar-refractivity contribution in [3.63, 3.8) is 0 Å². The van der Waals surface area contributed by atoms with E-state index in [1.807, 2.05) is 0 Å². The molecule has 1 rings (SSSR count). The second-order valence-corrected chi connectivity index (χ2v) is 3.25. The van der Waals surface area contributed by atoms with Gasteiger partial charge >= 0.3 is 0 Å². The van der Waals surface area contributed by atoms with Gasteiger partial charge in [0.1, 0.15) is 5.82 Å². The lowest BCUT2D eigenvalue weighted by molar-refractivity contribution is -0.305. The maximum atomic E-state index is 12.7. The van der Waals surface area contributed by atoms with Gasteiger partial charge in [-0.25, -0.2) is 4.39 Å². The van der Waals surface area contributed by atoms with Crippen LogP contribution in [0.3, 0.4) is 0 Å². The number of hydrogen-bond donors (Lipinski definition) is 0. The lowest BCUT2D eigenvalue weighted by Gasteiger charge is -2.05. The number of hydrogen-bond acceptors (Lipinski definition) is 3. The zero-order valence-corrected chi connectivity index (χ0v) is 8.25. The van der Waals surface area contributed by atoms with Crippen LogP contribution in [0.5, 0.6) is 0 Å². The van der Waals surface area contributed by atoms with Gasteiger partial charge < -0.3 is 9.90 Å². The molecule has 0 saturated heterocycles. The van der Waals surface area contributed by atoms with Gasteiger partial charge in [0.2, 0.25) is 0 Å². The minimum Gasteiger partial charge on any atom is -0.550 e. The van der Waals surface area contributed by atoms with E-state index >= 15 is 0 Å². The van der Waals surface area contributed by atoms with Gasteiger partial charge in [-0.1, -0.05) is 0 Å². The van der Waals surface area contributed by atoms with E-state index in [-0.39, 0.29) is 18.6 Å². The van der Waals surface area contributed by atoms with E-state index in [1.54, 1.807) is 6.92 Å². The van der Waals surface area contributed by atoms with Crippen LogP contribution >= 0.6 is 0 Å². The summed E-state index contributed by atoms with van der Waals surface area (Å²) in [5, 5.41) is 10.2. The largest absolute Gasteiger partial charge is 0.550 e. The smallest absolute Gasteiger partial charge is 0.163 e. The first-order valence-corrected chi connectivity index (χ1v) is 4.50. The highest BCUT2D eigenvalue weighted by atomic mass is 19.1. The predicted molar refractivity (Wildman–Crippen MR) is 49.7 cm³/mol. The number of aryl methyl sites for hydroxylation is 1. The van der Waals surface area contributed by atoms with Gasteiger partial charge in [0.25, 0.3) is 0 Å². The molecule has 80 valence electrons. The molecule has 15 heavy (non-hydrogen) atoms. The second-order valence-electron chi connectivity index (χ2n) is 3.25. The Morgan fingerprint density at radius 3 is 2.53 bits per heavy atom. The highest BCUT2D eigenvalue weighted by Crippen LogP contribution is 2.12. The highest BCUT2D eigenvalue weighted by molar-refractivity contribution is 5.98. The third kappa shape index (κ3) is 3.16. The van der Waals surface area contributed by atoms with E-state index in [0.717, 1.165) is 0 Å². The Hall–Kier alpha value is -1.71. The van der Waals surface area contributed by atoms with Crippen LogP contribution in [0.1, 0.15) is 28.8 Å². The molecule has 0 spiro atoms. The van der Waals surface area contributed by atoms with Gasteiger partial charge in [0, 0.05) is 18.0 Å². The third-order valence-electron chi connectivity index (χ3n) is 2.05. The number of carbonyl (C=O) groups excluding carboxylic acids is 2. The summed E-state index contributed by atoms with van der Waals surface area (Å²) < 4.78 is 12.7. The minimum atomic E-state index is -1.26. The van der Waals surface area contributed by atoms with Gasteiger partial charge in [-0.15, -0.1) is 0 Å². The van der Waals surface area contributed by atoms with Gasteiger partial charge in [0.15, 0.2) is 5.78 Å². The van der Waals surface area contributed by atoms with E-state index in [2.05, 4.69) is 0 Å². The predicted octanol–water partition coefficient (Wildman–Crippen LogP) is 0.847. The summed E-state index contributed by atoms with van der Waals surface area (Å²) in [6.45, 7) is 1.61. The van der Waals surface area contributed by atoms with Crippen molar-refractivity contribution >= 4 is 11.8 Å². The molecular formula is C11H10FO3-. The summed E-state index contributed by atoms with van der Waals surface area (Å²) in [4.78, 5) is 21.6. The van der Waals surface area contributed by atoms with Crippen LogP contribution < -0.4 is 5.11 Å². The molecule has 0 aliphatic carbocycles. The lowest BCUT2D eigenvalue weighted by Crippen LogP contribution is -2.22. The van der Waals surface area contributed by atoms with Crippen molar-refractivity contribution in [2.75, 3.05) is 0 Å². The normalized spacial score (nSPS) is 10.0. The van der Waals surface area contributed by atoms with Gasteiger partial charge in [0.05, 0.1) is 0 Å². The summed E-state index contributed by atoms with van der Waals surface area (Å²) in [5.41, 5.74) is 0.871. The number of Topliss-reactive ketones (excluding diaryl/α,β-unsaturated/α-hetero) is 1. The molecule has 4 heteroatoms. The molecule has 0 aliphatic rings. The lowest BCUT2D eigenvalue weighted by atomic mass is 10.0. The van der Waals surface area contributed by atoms with E-state index < -0.39 is 11.8 Å². The Labute approximate surface area is 86.5 Å². The SMILES string of the molecule is Cc1cc(F)ccc1C(=O)CCC(=O)[O-]. The molecule has 0 radical (unpaired) electrons. The summed E-state index contributed by atoms with van der Waals surface area (Å²) in [7, 11) is 0.